The van der Waals surface area contributed by atoms with Gasteiger partial charge in [-0.2, -0.15) is 16.8 Å². The van der Waals surface area contributed by atoms with Crippen molar-refractivity contribution in [3.05, 3.63) is 23.8 Å². The predicted octanol–water partition coefficient (Wildman–Crippen LogP) is 1.74. The van der Waals surface area contributed by atoms with Crippen molar-refractivity contribution in [1.29, 1.82) is 0 Å². The summed E-state index contributed by atoms with van der Waals surface area (Å²) in [6.07, 6.45) is 0.921. The molecule has 0 saturated heterocycles. The lowest BCUT2D eigenvalue weighted by molar-refractivity contribution is 0.479. The molecule has 0 amide bonds. The Morgan fingerprint density at radius 1 is 1.09 bits per heavy atom. The Kier molecular flexibility index (Phi) is 6.36. The smallest absolute Gasteiger partial charge is 0.294 e. The highest BCUT2D eigenvalue weighted by Gasteiger charge is 2.14. The number of hydrogen-bond acceptors (Lipinski definition) is 5. The zero-order valence-electron chi connectivity index (χ0n) is 12.6. The van der Waals surface area contributed by atoms with Crippen LogP contribution >= 0.6 is 0 Å². The van der Waals surface area contributed by atoms with E-state index in [1.54, 1.807) is 13.0 Å². The van der Waals surface area contributed by atoms with E-state index in [1.807, 2.05) is 11.8 Å². The summed E-state index contributed by atoms with van der Waals surface area (Å²) >= 11 is 0. The van der Waals surface area contributed by atoms with Crippen molar-refractivity contribution < 1.29 is 25.9 Å². The average molecular weight is 351 g/mol. The number of benzene rings is 1. The third kappa shape index (κ3) is 5.91. The van der Waals surface area contributed by atoms with Gasteiger partial charge in [0.1, 0.15) is 0 Å². The highest BCUT2D eigenvalue weighted by atomic mass is 32.2. The minimum Gasteiger partial charge on any atom is -0.372 e. The Balaban J connectivity index is 2.79. The third-order valence-corrected chi connectivity index (χ3v) is 4.92. The first-order valence-corrected chi connectivity index (χ1v) is 9.88. The average Bonchev–Trinajstić information content (AvgIpc) is 2.37. The van der Waals surface area contributed by atoms with Crippen molar-refractivity contribution in [2.75, 3.05) is 23.7 Å². The summed E-state index contributed by atoms with van der Waals surface area (Å²) < 4.78 is 61.2. The second kappa shape index (κ2) is 7.40. The molecule has 0 heterocycles. The van der Waals surface area contributed by atoms with Gasteiger partial charge in [0.05, 0.1) is 10.6 Å². The Morgan fingerprint density at radius 2 is 1.73 bits per heavy atom. The summed E-state index contributed by atoms with van der Waals surface area (Å²) in [5, 5.41) is 0. The number of aryl methyl sites for hydroxylation is 1. The van der Waals surface area contributed by atoms with Crippen LogP contribution in [-0.2, 0) is 20.2 Å². The van der Waals surface area contributed by atoms with E-state index in [9.17, 15) is 16.8 Å². The van der Waals surface area contributed by atoms with Crippen molar-refractivity contribution in [3.8, 4) is 0 Å². The fourth-order valence-electron chi connectivity index (χ4n) is 2.18. The van der Waals surface area contributed by atoms with E-state index < -0.39 is 20.2 Å². The first-order valence-electron chi connectivity index (χ1n) is 6.83. The summed E-state index contributed by atoms with van der Waals surface area (Å²) in [6, 6.07) is 4.34. The highest BCUT2D eigenvalue weighted by molar-refractivity contribution is 7.86. The largest absolute Gasteiger partial charge is 0.372 e. The molecule has 0 radical (unpaired) electrons. The summed E-state index contributed by atoms with van der Waals surface area (Å²) in [7, 11) is -8.16. The van der Waals surface area contributed by atoms with E-state index in [0.29, 0.717) is 31.5 Å². The highest BCUT2D eigenvalue weighted by Crippen LogP contribution is 2.23. The Hall–Kier alpha value is -1.16. The van der Waals surface area contributed by atoms with Crippen LogP contribution in [0.25, 0.3) is 0 Å². The molecule has 0 aromatic heterocycles. The number of unbranched alkanes of at least 4 members (excludes halogenated alkanes) is 1. The minimum absolute atomic E-state index is 0.156. The Labute approximate surface area is 131 Å². The van der Waals surface area contributed by atoms with Gasteiger partial charge in [-0.1, -0.05) is 0 Å². The SMILES string of the molecule is CCN(CCCCS(=O)(=O)O)c1ccc(S(=O)(=O)O)cc1C. The normalized spacial score (nSPS) is 12.4. The van der Waals surface area contributed by atoms with Crippen molar-refractivity contribution in [1.82, 2.24) is 0 Å². The number of rotatable bonds is 8. The number of nitrogens with zero attached hydrogens (tertiary/aromatic N) is 1. The maximum atomic E-state index is 11.1. The number of hydrogen-bond donors (Lipinski definition) is 2. The van der Waals surface area contributed by atoms with E-state index in [0.717, 1.165) is 5.69 Å². The first kappa shape index (κ1) is 18.9. The summed E-state index contributed by atoms with van der Waals surface area (Å²) in [6.45, 7) is 4.92. The molecule has 7 nitrogen and oxygen atoms in total. The third-order valence-electron chi connectivity index (χ3n) is 3.27. The molecule has 0 atom stereocenters. The molecule has 0 unspecified atom stereocenters. The lowest BCUT2D eigenvalue weighted by Crippen LogP contribution is -2.25. The quantitative estimate of drug-likeness (QED) is 0.542. The van der Waals surface area contributed by atoms with Crippen LogP contribution in [0.4, 0.5) is 5.69 Å². The van der Waals surface area contributed by atoms with Crippen LogP contribution in [0.5, 0.6) is 0 Å². The molecule has 1 rings (SSSR count). The monoisotopic (exact) mass is 351 g/mol. The molecule has 9 heteroatoms. The lowest BCUT2D eigenvalue weighted by atomic mass is 10.1. The van der Waals surface area contributed by atoms with Crippen LogP contribution in [0.2, 0.25) is 0 Å². The van der Waals surface area contributed by atoms with Gasteiger partial charge in [0.2, 0.25) is 0 Å². The molecular formula is C13H21NO6S2. The molecule has 0 aliphatic heterocycles. The fraction of sp³-hybridized carbons (Fsp3) is 0.538. The maximum Gasteiger partial charge on any atom is 0.294 e. The zero-order chi connectivity index (χ0) is 17.0. The van der Waals surface area contributed by atoms with E-state index in [2.05, 4.69) is 0 Å². The van der Waals surface area contributed by atoms with E-state index in [-0.39, 0.29) is 10.6 Å². The molecule has 2 N–H and O–H groups in total. The topological polar surface area (TPSA) is 112 Å². The molecule has 0 saturated carbocycles. The van der Waals surface area contributed by atoms with Crippen LogP contribution in [-0.4, -0.2) is 44.8 Å². The van der Waals surface area contributed by atoms with E-state index >= 15 is 0 Å². The van der Waals surface area contributed by atoms with E-state index in [1.165, 1.54) is 12.1 Å². The molecule has 0 fully saturated rings. The Bertz CT molecular complexity index is 712. The lowest BCUT2D eigenvalue weighted by Gasteiger charge is -2.25. The van der Waals surface area contributed by atoms with Gasteiger partial charge >= 0.3 is 0 Å². The van der Waals surface area contributed by atoms with Gasteiger partial charge in [-0.05, 0) is 50.5 Å². The molecule has 1 aromatic rings. The van der Waals surface area contributed by atoms with Crippen molar-refractivity contribution in [3.63, 3.8) is 0 Å². The van der Waals surface area contributed by atoms with Gasteiger partial charge < -0.3 is 4.90 Å². The molecule has 1 aromatic carbocycles. The molecule has 0 spiro atoms. The van der Waals surface area contributed by atoms with E-state index in [4.69, 9.17) is 9.11 Å². The molecule has 22 heavy (non-hydrogen) atoms. The standard InChI is InChI=1S/C13H21NO6S2/c1-3-14(8-4-5-9-21(15,16)17)13-7-6-12(10-11(13)2)22(18,19)20/h6-7,10H,3-5,8-9H2,1-2H3,(H,15,16,17)(H,18,19,20). The van der Waals surface area contributed by atoms with Gasteiger partial charge in [-0.15, -0.1) is 0 Å². The summed E-state index contributed by atoms with van der Waals surface area (Å²) in [4.78, 5) is 1.82. The van der Waals surface area contributed by atoms with Crippen molar-refractivity contribution in [2.24, 2.45) is 0 Å². The van der Waals surface area contributed by atoms with Crippen LogP contribution < -0.4 is 4.90 Å². The first-order chi connectivity index (χ1) is 10.0. The van der Waals surface area contributed by atoms with Gasteiger partial charge in [0.15, 0.2) is 0 Å². The summed E-state index contributed by atoms with van der Waals surface area (Å²) in [5.41, 5.74) is 1.52. The van der Waals surface area contributed by atoms with Crippen LogP contribution in [0.1, 0.15) is 25.3 Å². The summed E-state index contributed by atoms with van der Waals surface area (Å²) in [5.74, 6) is -0.273. The van der Waals surface area contributed by atoms with Crippen molar-refractivity contribution in [2.45, 2.75) is 31.6 Å². The van der Waals surface area contributed by atoms with Gasteiger partial charge in [0.25, 0.3) is 20.2 Å². The van der Waals surface area contributed by atoms with Crippen LogP contribution in [0.3, 0.4) is 0 Å². The second-order valence-corrected chi connectivity index (χ2v) is 7.99. The molecule has 0 aliphatic carbocycles. The molecule has 0 aliphatic rings. The Morgan fingerprint density at radius 3 is 2.18 bits per heavy atom. The van der Waals surface area contributed by atoms with Gasteiger partial charge in [-0.3, -0.25) is 9.11 Å². The van der Waals surface area contributed by atoms with Gasteiger partial charge in [0, 0.05) is 18.8 Å². The predicted molar refractivity (Wildman–Crippen MR) is 84.5 cm³/mol. The molecular weight excluding hydrogens is 330 g/mol. The van der Waals surface area contributed by atoms with Gasteiger partial charge in [-0.25, -0.2) is 0 Å². The minimum atomic E-state index is -4.22. The molecule has 126 valence electrons. The second-order valence-electron chi connectivity index (χ2n) is 5.00. The fourth-order valence-corrected chi connectivity index (χ4v) is 3.31. The number of anilines is 1. The van der Waals surface area contributed by atoms with Crippen molar-refractivity contribution >= 4 is 25.9 Å². The van der Waals surface area contributed by atoms with Crippen LogP contribution in [0.15, 0.2) is 23.1 Å². The van der Waals surface area contributed by atoms with Crippen LogP contribution in [0, 0.1) is 6.92 Å². The maximum absolute atomic E-state index is 11.1. The zero-order valence-corrected chi connectivity index (χ0v) is 14.2. The molecule has 0 bridgehead atoms.